The summed E-state index contributed by atoms with van der Waals surface area (Å²) in [6.07, 6.45) is -4.74. The number of unbranched alkanes of at least 4 members (excludes halogenated alkanes) is 1. The summed E-state index contributed by atoms with van der Waals surface area (Å²) >= 11 is 0. The van der Waals surface area contributed by atoms with Gasteiger partial charge in [-0.25, -0.2) is 14.0 Å². The Morgan fingerprint density at radius 3 is 1.73 bits per heavy atom. The number of aliphatic hydroxyl groups is 2. The van der Waals surface area contributed by atoms with Crippen LogP contribution in [0.1, 0.15) is 36.0 Å². The van der Waals surface area contributed by atoms with Crippen LogP contribution in [0, 0.1) is 17.7 Å². The van der Waals surface area contributed by atoms with Gasteiger partial charge in [-0.15, -0.1) is 0 Å². The Kier molecular flexibility index (Phi) is 14.9. The number of esters is 2. The Morgan fingerprint density at radius 2 is 1.22 bits per heavy atom. The first-order valence-corrected chi connectivity index (χ1v) is 15.2. The Bertz CT molecular complexity index is 1620. The summed E-state index contributed by atoms with van der Waals surface area (Å²) in [5.41, 5.74) is 2.68. The SMILES string of the molecule is C=C(CO)C(=O)OCCOc1cc(OCCOC(=O)C(=C)CO)cc(-c2ccc(C#Cc3ccc(CCCCC(F)(F)F)c(F)c3)cc2)c1. The molecular formula is C37H36F4O8. The number of alkyl halides is 3. The highest BCUT2D eigenvalue weighted by Gasteiger charge is 2.25. The zero-order valence-electron chi connectivity index (χ0n) is 26.6. The van der Waals surface area contributed by atoms with Crippen molar-refractivity contribution < 1.29 is 56.3 Å². The summed E-state index contributed by atoms with van der Waals surface area (Å²) in [7, 11) is 0. The molecule has 0 fully saturated rings. The molecule has 0 aliphatic carbocycles. The van der Waals surface area contributed by atoms with Crippen molar-refractivity contribution >= 4 is 11.9 Å². The van der Waals surface area contributed by atoms with E-state index >= 15 is 0 Å². The smallest absolute Gasteiger partial charge is 0.389 e. The summed E-state index contributed by atoms with van der Waals surface area (Å²) in [6, 6.07) is 16.7. The second-order valence-corrected chi connectivity index (χ2v) is 10.6. The predicted octanol–water partition coefficient (Wildman–Crippen LogP) is 6.11. The number of aryl methyl sites for hydroxylation is 1. The molecule has 260 valence electrons. The van der Waals surface area contributed by atoms with Crippen LogP contribution in [0.15, 0.2) is 85.0 Å². The molecule has 2 N–H and O–H groups in total. The molecule has 0 radical (unpaired) electrons. The number of hydrogen-bond donors (Lipinski definition) is 2. The van der Waals surface area contributed by atoms with Gasteiger partial charge in [0.15, 0.2) is 0 Å². The van der Waals surface area contributed by atoms with Crippen LogP contribution in [0.4, 0.5) is 17.6 Å². The fourth-order valence-corrected chi connectivity index (χ4v) is 4.19. The molecule has 3 aromatic carbocycles. The van der Waals surface area contributed by atoms with Gasteiger partial charge in [0.05, 0.1) is 24.4 Å². The van der Waals surface area contributed by atoms with Crippen LogP contribution >= 0.6 is 0 Å². The van der Waals surface area contributed by atoms with Gasteiger partial charge in [-0.05, 0) is 72.4 Å². The highest BCUT2D eigenvalue weighted by Crippen LogP contribution is 2.30. The molecule has 3 aromatic rings. The van der Waals surface area contributed by atoms with Gasteiger partial charge < -0.3 is 29.2 Å². The van der Waals surface area contributed by atoms with Crippen LogP contribution in [0.3, 0.4) is 0 Å². The van der Waals surface area contributed by atoms with E-state index in [1.165, 1.54) is 12.1 Å². The van der Waals surface area contributed by atoms with Gasteiger partial charge in [-0.2, -0.15) is 13.2 Å². The van der Waals surface area contributed by atoms with E-state index < -0.39 is 43.6 Å². The van der Waals surface area contributed by atoms with Crippen molar-refractivity contribution in [3.05, 3.63) is 107 Å². The van der Waals surface area contributed by atoms with E-state index in [1.807, 2.05) is 12.1 Å². The molecule has 0 bridgehead atoms. The fraction of sp³-hybridized carbons (Fsp3) is 0.297. The van der Waals surface area contributed by atoms with Crippen LogP contribution in [0.25, 0.3) is 11.1 Å². The number of carbonyl (C=O) groups excluding carboxylic acids is 2. The number of benzene rings is 3. The van der Waals surface area contributed by atoms with Crippen LogP contribution in [0.5, 0.6) is 11.5 Å². The van der Waals surface area contributed by atoms with E-state index in [-0.39, 0.29) is 56.8 Å². The monoisotopic (exact) mass is 684 g/mol. The largest absolute Gasteiger partial charge is 0.490 e. The molecule has 0 saturated heterocycles. The van der Waals surface area contributed by atoms with Crippen molar-refractivity contribution in [3.63, 3.8) is 0 Å². The third-order valence-electron chi connectivity index (χ3n) is 6.79. The highest BCUT2D eigenvalue weighted by molar-refractivity contribution is 5.88. The fourth-order valence-electron chi connectivity index (χ4n) is 4.19. The summed E-state index contributed by atoms with van der Waals surface area (Å²) in [6.45, 7) is 5.52. The van der Waals surface area contributed by atoms with E-state index in [0.717, 1.165) is 5.56 Å². The lowest BCUT2D eigenvalue weighted by Gasteiger charge is -2.13. The Morgan fingerprint density at radius 1 is 0.694 bits per heavy atom. The van der Waals surface area contributed by atoms with E-state index in [1.54, 1.807) is 36.4 Å². The van der Waals surface area contributed by atoms with E-state index in [9.17, 15) is 27.2 Å². The number of rotatable bonds is 17. The van der Waals surface area contributed by atoms with Crippen LogP contribution < -0.4 is 9.47 Å². The van der Waals surface area contributed by atoms with Gasteiger partial charge in [0, 0.05) is 23.6 Å². The first-order chi connectivity index (χ1) is 23.4. The van der Waals surface area contributed by atoms with Crippen molar-refractivity contribution in [2.24, 2.45) is 0 Å². The molecule has 0 amide bonds. The minimum Gasteiger partial charge on any atom is -0.490 e. The molecule has 0 saturated carbocycles. The van der Waals surface area contributed by atoms with Crippen molar-refractivity contribution in [1.29, 1.82) is 0 Å². The maximum Gasteiger partial charge on any atom is 0.389 e. The summed E-state index contributed by atoms with van der Waals surface area (Å²) in [5, 5.41) is 18.0. The standard InChI is InChI=1S/C37H36F4O8/c1-25(23-42)35(44)48-17-15-46-32-20-31(21-33(22-32)47-16-18-49-36(45)26(2)24-43)29-11-8-27(9-12-29)6-7-28-10-13-30(34(38)19-28)5-3-4-14-37(39,40)41/h8-13,19-22,42-43H,1-5,14-18,23-24H2. The van der Waals surface area contributed by atoms with Crippen LogP contribution in [-0.4, -0.2) is 68.0 Å². The van der Waals surface area contributed by atoms with Crippen molar-refractivity contribution in [2.75, 3.05) is 39.6 Å². The molecule has 0 heterocycles. The van der Waals surface area contributed by atoms with Crippen LogP contribution in [0.2, 0.25) is 0 Å². The van der Waals surface area contributed by atoms with Gasteiger partial charge in [0.2, 0.25) is 0 Å². The maximum atomic E-state index is 14.5. The zero-order chi connectivity index (χ0) is 35.8. The molecule has 0 unspecified atom stereocenters. The number of aliphatic hydroxyl groups excluding tert-OH is 2. The molecule has 0 aromatic heterocycles. The average molecular weight is 685 g/mol. The number of hydrogen-bond acceptors (Lipinski definition) is 8. The molecule has 49 heavy (non-hydrogen) atoms. The quantitative estimate of drug-likeness (QED) is 0.0577. The van der Waals surface area contributed by atoms with Gasteiger partial charge >= 0.3 is 18.1 Å². The first-order valence-electron chi connectivity index (χ1n) is 15.2. The third-order valence-corrected chi connectivity index (χ3v) is 6.79. The van der Waals surface area contributed by atoms with Crippen molar-refractivity contribution in [2.45, 2.75) is 31.9 Å². The van der Waals surface area contributed by atoms with Gasteiger partial charge in [0.25, 0.3) is 0 Å². The number of carbonyl (C=O) groups is 2. The average Bonchev–Trinajstić information content (AvgIpc) is 3.08. The molecule has 8 nitrogen and oxygen atoms in total. The molecule has 0 spiro atoms. The van der Waals surface area contributed by atoms with Crippen LogP contribution in [-0.2, 0) is 25.5 Å². The summed E-state index contributed by atoms with van der Waals surface area (Å²) < 4.78 is 73.1. The van der Waals surface area contributed by atoms with Crippen molar-refractivity contribution in [3.8, 4) is 34.5 Å². The Labute approximate surface area is 281 Å². The second kappa shape index (κ2) is 19.0. The summed E-state index contributed by atoms with van der Waals surface area (Å²) in [4.78, 5) is 23.4. The molecule has 3 rings (SSSR count). The minimum absolute atomic E-state index is 0.0115. The normalized spacial score (nSPS) is 10.8. The Balaban J connectivity index is 1.69. The van der Waals surface area contributed by atoms with Crippen molar-refractivity contribution in [1.82, 2.24) is 0 Å². The Hall–Kier alpha value is -5.12. The van der Waals surface area contributed by atoms with Gasteiger partial charge in [0.1, 0.15) is 43.7 Å². The van der Waals surface area contributed by atoms with E-state index in [0.29, 0.717) is 33.8 Å². The van der Waals surface area contributed by atoms with E-state index in [4.69, 9.17) is 29.2 Å². The molecule has 0 aliphatic heterocycles. The lowest BCUT2D eigenvalue weighted by atomic mass is 10.0. The third kappa shape index (κ3) is 13.5. The predicted molar refractivity (Wildman–Crippen MR) is 173 cm³/mol. The zero-order valence-corrected chi connectivity index (χ0v) is 26.6. The topological polar surface area (TPSA) is 112 Å². The highest BCUT2D eigenvalue weighted by atomic mass is 19.4. The minimum atomic E-state index is -4.22. The number of ether oxygens (including phenoxy) is 4. The second-order valence-electron chi connectivity index (χ2n) is 10.6. The lowest BCUT2D eigenvalue weighted by Crippen LogP contribution is -2.15. The molecule has 0 atom stereocenters. The van der Waals surface area contributed by atoms with Gasteiger partial charge in [-0.3, -0.25) is 0 Å². The summed E-state index contributed by atoms with van der Waals surface area (Å²) in [5.74, 6) is 4.62. The number of halogens is 4. The van der Waals surface area contributed by atoms with Gasteiger partial charge in [-0.1, -0.05) is 43.2 Å². The molecule has 0 aliphatic rings. The van der Waals surface area contributed by atoms with E-state index in [2.05, 4.69) is 25.0 Å². The molecular weight excluding hydrogens is 648 g/mol. The first kappa shape index (κ1) is 38.3. The molecule has 12 heteroatoms. The lowest BCUT2D eigenvalue weighted by molar-refractivity contribution is -0.141. The maximum absolute atomic E-state index is 14.5.